The Morgan fingerprint density at radius 3 is 2.87 bits per heavy atom. The Hall–Kier alpha value is -1.48. The minimum Gasteiger partial charge on any atom is -0.396 e. The summed E-state index contributed by atoms with van der Waals surface area (Å²) in [4.78, 5) is 0. The van der Waals surface area contributed by atoms with Crippen LogP contribution in [0.1, 0.15) is 18.9 Å². The van der Waals surface area contributed by atoms with Crippen molar-refractivity contribution in [2.45, 2.75) is 19.8 Å². The van der Waals surface area contributed by atoms with E-state index in [4.69, 9.17) is 5.11 Å². The van der Waals surface area contributed by atoms with Crippen LogP contribution in [0.5, 0.6) is 0 Å². The van der Waals surface area contributed by atoms with Crippen LogP contribution in [0.4, 0.5) is 5.69 Å². The summed E-state index contributed by atoms with van der Waals surface area (Å²) in [6.07, 6.45) is 5.35. The van der Waals surface area contributed by atoms with Crippen LogP contribution in [-0.2, 0) is 6.42 Å². The van der Waals surface area contributed by atoms with Crippen molar-refractivity contribution in [2.75, 3.05) is 12.0 Å². The third-order valence-corrected chi connectivity index (χ3v) is 2.10. The Kier molecular flexibility index (Phi) is 5.33. The largest absolute Gasteiger partial charge is 0.396 e. The number of aliphatic hydroxyl groups excluding tert-OH is 1. The molecule has 0 saturated heterocycles. The van der Waals surface area contributed by atoms with E-state index in [9.17, 15) is 0 Å². The summed E-state index contributed by atoms with van der Waals surface area (Å²) in [7, 11) is 0. The monoisotopic (exact) mass is 206 g/mol. The van der Waals surface area contributed by atoms with Gasteiger partial charge in [-0.25, -0.2) is 0 Å². The molecule has 0 aromatic heterocycles. The van der Waals surface area contributed by atoms with E-state index in [0.717, 1.165) is 12.1 Å². The van der Waals surface area contributed by atoms with E-state index >= 15 is 0 Å². The molecule has 0 amide bonds. The quantitative estimate of drug-likeness (QED) is 0.624. The molecule has 15 heavy (non-hydrogen) atoms. The molecule has 0 atom stereocenters. The van der Waals surface area contributed by atoms with Crippen LogP contribution in [-0.4, -0.2) is 11.7 Å². The van der Waals surface area contributed by atoms with E-state index in [1.54, 1.807) is 6.20 Å². The highest BCUT2D eigenvalue weighted by atomic mass is 16.2. The molecule has 1 aromatic rings. The van der Waals surface area contributed by atoms with Crippen molar-refractivity contribution >= 4 is 5.69 Å². The van der Waals surface area contributed by atoms with E-state index in [2.05, 4.69) is 23.8 Å². The number of nitrogens with one attached hydrogen (secondary N) is 2. The molecule has 0 heterocycles. The topological polar surface area (TPSA) is 44.3 Å². The van der Waals surface area contributed by atoms with Crippen LogP contribution in [0, 0.1) is 0 Å². The van der Waals surface area contributed by atoms with Gasteiger partial charge >= 0.3 is 0 Å². The Labute approximate surface area is 90.8 Å². The van der Waals surface area contributed by atoms with Crippen molar-refractivity contribution in [2.24, 2.45) is 0 Å². The van der Waals surface area contributed by atoms with E-state index in [-0.39, 0.29) is 6.61 Å². The van der Waals surface area contributed by atoms with Gasteiger partial charge in [-0.2, -0.15) is 0 Å². The number of aliphatic hydroxyl groups is 1. The lowest BCUT2D eigenvalue weighted by Gasteiger charge is -2.09. The summed E-state index contributed by atoms with van der Waals surface area (Å²) in [6.45, 7) is 2.31. The lowest BCUT2D eigenvalue weighted by Crippen LogP contribution is -2.15. The number of benzene rings is 1. The maximum atomic E-state index is 8.57. The lowest BCUT2D eigenvalue weighted by molar-refractivity contribution is 0.302. The van der Waals surface area contributed by atoms with Gasteiger partial charge in [0.15, 0.2) is 0 Å². The lowest BCUT2D eigenvalue weighted by atomic mass is 10.1. The Bertz CT molecular complexity index is 310. The average Bonchev–Trinajstić information content (AvgIpc) is 2.29. The Morgan fingerprint density at radius 1 is 1.33 bits per heavy atom. The molecule has 0 saturated carbocycles. The summed E-state index contributed by atoms with van der Waals surface area (Å²) >= 11 is 0. The molecule has 0 aliphatic heterocycles. The molecular formula is C12H18N2O. The standard InChI is InChI=1S/C12H18N2O/c1-2-11-7-3-4-8-12(11)14-13-9-5-6-10-15/h3-5,7-9,13-15H,2,6,10H2,1H3/b9-5+. The highest BCUT2D eigenvalue weighted by molar-refractivity contribution is 5.50. The second-order valence-electron chi connectivity index (χ2n) is 3.19. The summed E-state index contributed by atoms with van der Waals surface area (Å²) in [6, 6.07) is 8.17. The predicted molar refractivity (Wildman–Crippen MR) is 63.4 cm³/mol. The molecular weight excluding hydrogens is 188 g/mol. The fraction of sp³-hybridized carbons (Fsp3) is 0.333. The average molecular weight is 206 g/mol. The molecule has 3 N–H and O–H groups in total. The molecule has 0 aliphatic carbocycles. The highest BCUT2D eigenvalue weighted by Gasteiger charge is 1.95. The van der Waals surface area contributed by atoms with Gasteiger partial charge in [-0.1, -0.05) is 31.2 Å². The van der Waals surface area contributed by atoms with Gasteiger partial charge in [0.2, 0.25) is 0 Å². The highest BCUT2D eigenvalue weighted by Crippen LogP contribution is 2.13. The number of anilines is 1. The van der Waals surface area contributed by atoms with Gasteiger partial charge in [0.05, 0.1) is 5.69 Å². The number of hydrogen-bond acceptors (Lipinski definition) is 3. The number of hydrogen-bond donors (Lipinski definition) is 3. The summed E-state index contributed by atoms with van der Waals surface area (Å²) in [5, 5.41) is 8.57. The number of hydrazine groups is 1. The zero-order valence-electron chi connectivity index (χ0n) is 9.03. The van der Waals surface area contributed by atoms with Crippen LogP contribution in [0.15, 0.2) is 36.5 Å². The van der Waals surface area contributed by atoms with Crippen molar-refractivity contribution in [3.63, 3.8) is 0 Å². The third kappa shape index (κ3) is 4.04. The maximum absolute atomic E-state index is 8.57. The van der Waals surface area contributed by atoms with Crippen LogP contribution >= 0.6 is 0 Å². The summed E-state index contributed by atoms with van der Waals surface area (Å²) in [5.74, 6) is 0. The molecule has 0 fully saturated rings. The van der Waals surface area contributed by atoms with Gasteiger partial charge in [0.1, 0.15) is 0 Å². The first-order valence-corrected chi connectivity index (χ1v) is 5.23. The SMILES string of the molecule is CCc1ccccc1NN/C=C/CCO. The summed E-state index contributed by atoms with van der Waals surface area (Å²) < 4.78 is 0. The van der Waals surface area contributed by atoms with E-state index < -0.39 is 0 Å². The van der Waals surface area contributed by atoms with Crippen molar-refractivity contribution in [3.05, 3.63) is 42.1 Å². The second kappa shape index (κ2) is 6.90. The molecule has 0 radical (unpaired) electrons. The van der Waals surface area contributed by atoms with Crippen molar-refractivity contribution in [3.8, 4) is 0 Å². The number of rotatable bonds is 6. The predicted octanol–water partition coefficient (Wildman–Crippen LogP) is 2.06. The van der Waals surface area contributed by atoms with Crippen LogP contribution in [0.3, 0.4) is 0 Å². The molecule has 1 rings (SSSR count). The molecule has 82 valence electrons. The number of aryl methyl sites for hydroxylation is 1. The zero-order chi connectivity index (χ0) is 10.9. The van der Waals surface area contributed by atoms with E-state index in [1.165, 1.54) is 5.56 Å². The molecule has 3 heteroatoms. The minimum absolute atomic E-state index is 0.184. The third-order valence-electron chi connectivity index (χ3n) is 2.10. The van der Waals surface area contributed by atoms with Crippen molar-refractivity contribution in [1.82, 2.24) is 5.43 Å². The first-order chi connectivity index (χ1) is 7.38. The van der Waals surface area contributed by atoms with Gasteiger partial charge in [0, 0.05) is 12.8 Å². The van der Waals surface area contributed by atoms with Gasteiger partial charge in [-0.3, -0.25) is 0 Å². The van der Waals surface area contributed by atoms with E-state index in [0.29, 0.717) is 6.42 Å². The van der Waals surface area contributed by atoms with Crippen molar-refractivity contribution in [1.29, 1.82) is 0 Å². The fourth-order valence-electron chi connectivity index (χ4n) is 1.29. The molecule has 0 spiro atoms. The zero-order valence-corrected chi connectivity index (χ0v) is 9.03. The van der Waals surface area contributed by atoms with Crippen LogP contribution < -0.4 is 10.9 Å². The van der Waals surface area contributed by atoms with Gasteiger partial charge in [-0.05, 0) is 24.5 Å². The van der Waals surface area contributed by atoms with E-state index in [1.807, 2.05) is 24.3 Å². The molecule has 0 bridgehead atoms. The smallest absolute Gasteiger partial charge is 0.0571 e. The Morgan fingerprint density at radius 2 is 2.13 bits per heavy atom. The molecule has 3 nitrogen and oxygen atoms in total. The van der Waals surface area contributed by atoms with Gasteiger partial charge in [0.25, 0.3) is 0 Å². The molecule has 0 unspecified atom stereocenters. The van der Waals surface area contributed by atoms with Crippen molar-refractivity contribution < 1.29 is 5.11 Å². The minimum atomic E-state index is 0.184. The van der Waals surface area contributed by atoms with Crippen LogP contribution in [0.25, 0.3) is 0 Å². The van der Waals surface area contributed by atoms with Gasteiger partial charge < -0.3 is 16.0 Å². The normalized spacial score (nSPS) is 10.5. The summed E-state index contributed by atoms with van der Waals surface area (Å²) in [5.41, 5.74) is 8.44. The Balaban J connectivity index is 2.43. The van der Waals surface area contributed by atoms with Gasteiger partial charge in [-0.15, -0.1) is 0 Å². The first kappa shape index (κ1) is 11.6. The fourth-order valence-corrected chi connectivity index (χ4v) is 1.29. The van der Waals surface area contributed by atoms with Crippen LogP contribution in [0.2, 0.25) is 0 Å². The second-order valence-corrected chi connectivity index (χ2v) is 3.19. The molecule has 0 aliphatic rings. The number of para-hydroxylation sites is 1. The first-order valence-electron chi connectivity index (χ1n) is 5.23. The maximum Gasteiger partial charge on any atom is 0.0571 e. The molecule has 1 aromatic carbocycles.